The molecule has 1 aromatic heterocycles. The Morgan fingerprint density at radius 2 is 1.86 bits per heavy atom. The Balaban J connectivity index is 1.91. The Morgan fingerprint density at radius 3 is 2.54 bits per heavy atom. The molecule has 0 amide bonds. The number of esters is 2. The predicted molar refractivity (Wildman–Crippen MR) is 103 cm³/mol. The van der Waals surface area contributed by atoms with Crippen molar-refractivity contribution >= 4 is 22.9 Å². The van der Waals surface area contributed by atoms with Gasteiger partial charge in [-0.05, 0) is 37.5 Å². The van der Waals surface area contributed by atoms with Gasteiger partial charge in [-0.3, -0.25) is 9.59 Å². The fourth-order valence-electron chi connectivity index (χ4n) is 3.01. The first-order chi connectivity index (χ1) is 13.3. The zero-order valence-electron chi connectivity index (χ0n) is 16.4. The summed E-state index contributed by atoms with van der Waals surface area (Å²) in [6, 6.07) is 5.54. The summed E-state index contributed by atoms with van der Waals surface area (Å²) in [5.41, 5.74) is -0.514. The van der Waals surface area contributed by atoms with Crippen LogP contribution in [0.5, 0.6) is 5.75 Å². The average molecular weight is 390 g/mol. The number of carbonyl (C=O) groups excluding carboxylic acids is 2. The Labute approximate surface area is 163 Å². The van der Waals surface area contributed by atoms with Gasteiger partial charge in [0.1, 0.15) is 24.5 Å². The maximum atomic E-state index is 12.2. The summed E-state index contributed by atoms with van der Waals surface area (Å²) in [6.45, 7) is 5.75. The van der Waals surface area contributed by atoms with Crippen LogP contribution in [0.4, 0.5) is 0 Å². The number of carbonyl (C=O) groups is 2. The predicted octanol–water partition coefficient (Wildman–Crippen LogP) is 3.34. The zero-order chi connectivity index (χ0) is 20.7. The van der Waals surface area contributed by atoms with E-state index >= 15 is 0 Å². The molecule has 7 heteroatoms. The molecule has 1 heterocycles. The van der Waals surface area contributed by atoms with E-state index in [-0.39, 0.29) is 36.9 Å². The van der Waals surface area contributed by atoms with Crippen LogP contribution in [0.15, 0.2) is 33.5 Å². The van der Waals surface area contributed by atoms with E-state index in [4.69, 9.17) is 13.9 Å². The van der Waals surface area contributed by atoms with Crippen LogP contribution in [0.2, 0.25) is 0 Å². The van der Waals surface area contributed by atoms with E-state index in [2.05, 4.69) is 0 Å². The van der Waals surface area contributed by atoms with Crippen molar-refractivity contribution in [3.63, 3.8) is 0 Å². The molecule has 0 saturated carbocycles. The summed E-state index contributed by atoms with van der Waals surface area (Å²) < 4.78 is 15.4. The minimum Gasteiger partial charge on any atom is -0.508 e. The van der Waals surface area contributed by atoms with Crippen molar-refractivity contribution in [3.8, 4) is 5.75 Å². The van der Waals surface area contributed by atoms with E-state index in [0.29, 0.717) is 17.4 Å². The molecular weight excluding hydrogens is 364 g/mol. The minimum absolute atomic E-state index is 0.0184. The van der Waals surface area contributed by atoms with Crippen molar-refractivity contribution < 1.29 is 28.6 Å². The molecule has 1 N–H and O–H groups in total. The van der Waals surface area contributed by atoms with Crippen molar-refractivity contribution in [2.24, 2.45) is 5.41 Å². The first-order valence-corrected chi connectivity index (χ1v) is 9.37. The van der Waals surface area contributed by atoms with Gasteiger partial charge in [-0.2, -0.15) is 0 Å². The van der Waals surface area contributed by atoms with Crippen LogP contribution in [0.1, 0.15) is 45.6 Å². The van der Waals surface area contributed by atoms with Crippen molar-refractivity contribution in [3.05, 3.63) is 40.2 Å². The lowest BCUT2D eigenvalue weighted by Crippen LogP contribution is -2.30. The molecule has 0 aliphatic rings. The first kappa shape index (κ1) is 21.5. The minimum atomic E-state index is -0.621. The largest absolute Gasteiger partial charge is 0.508 e. The molecule has 152 valence electrons. The zero-order valence-corrected chi connectivity index (χ0v) is 16.4. The normalized spacial score (nSPS) is 13.1. The molecule has 0 aliphatic heterocycles. The second-order valence-corrected chi connectivity index (χ2v) is 6.97. The third-order valence-corrected chi connectivity index (χ3v) is 4.80. The van der Waals surface area contributed by atoms with E-state index in [1.165, 1.54) is 18.2 Å². The summed E-state index contributed by atoms with van der Waals surface area (Å²) >= 11 is 0. The average Bonchev–Trinajstić information content (AvgIpc) is 2.64. The fourth-order valence-corrected chi connectivity index (χ4v) is 3.01. The highest BCUT2D eigenvalue weighted by Crippen LogP contribution is 2.28. The number of hydrogen-bond acceptors (Lipinski definition) is 7. The lowest BCUT2D eigenvalue weighted by atomic mass is 9.83. The van der Waals surface area contributed by atoms with Gasteiger partial charge in [0, 0.05) is 17.5 Å². The summed E-state index contributed by atoms with van der Waals surface area (Å²) in [7, 11) is 0. The monoisotopic (exact) mass is 390 g/mol. The molecule has 1 unspecified atom stereocenters. The molecule has 1 aromatic carbocycles. The molecule has 0 spiro atoms. The second-order valence-electron chi connectivity index (χ2n) is 6.97. The van der Waals surface area contributed by atoms with Gasteiger partial charge in [-0.1, -0.05) is 20.3 Å². The molecule has 7 nitrogen and oxygen atoms in total. The van der Waals surface area contributed by atoms with E-state index in [9.17, 15) is 19.5 Å². The highest BCUT2D eigenvalue weighted by atomic mass is 16.6. The Morgan fingerprint density at radius 1 is 1.14 bits per heavy atom. The maximum Gasteiger partial charge on any atom is 0.336 e. The fraction of sp³-hybridized carbons (Fsp3) is 0.476. The Bertz CT molecular complexity index is 899. The number of rotatable bonds is 9. The first-order valence-electron chi connectivity index (χ1n) is 9.37. The smallest absolute Gasteiger partial charge is 0.336 e. The van der Waals surface area contributed by atoms with Gasteiger partial charge in [0.05, 0.1) is 11.8 Å². The highest BCUT2D eigenvalue weighted by Gasteiger charge is 2.31. The molecule has 0 radical (unpaired) electrons. The van der Waals surface area contributed by atoms with Crippen molar-refractivity contribution in [2.45, 2.75) is 46.5 Å². The molecule has 0 aliphatic carbocycles. The number of hydrogen-bond donors (Lipinski definition) is 1. The number of benzene rings is 1. The summed E-state index contributed by atoms with van der Waals surface area (Å²) in [5, 5.41) is 10.0. The molecule has 2 rings (SSSR count). The summed E-state index contributed by atoms with van der Waals surface area (Å²) in [5.74, 6) is -0.887. The number of fused-ring (bicyclic) bond motifs is 1. The van der Waals surface area contributed by atoms with Crippen LogP contribution in [-0.2, 0) is 25.5 Å². The number of phenolic OH excluding ortho intramolecular Hbond substituents is 1. The molecule has 2 aromatic rings. The van der Waals surface area contributed by atoms with Crippen molar-refractivity contribution in [1.29, 1.82) is 0 Å². The van der Waals surface area contributed by atoms with Gasteiger partial charge in [0.25, 0.3) is 0 Å². The lowest BCUT2D eigenvalue weighted by Gasteiger charge is -2.25. The SMILES string of the molecule is CCCC(C)(CC)C(=O)OCCOC(=O)Cc1cc(=O)oc2cc(O)ccc12. The number of aromatic hydroxyl groups is 1. The van der Waals surface area contributed by atoms with Crippen molar-refractivity contribution in [2.75, 3.05) is 13.2 Å². The molecule has 0 saturated heterocycles. The van der Waals surface area contributed by atoms with Crippen LogP contribution >= 0.6 is 0 Å². The number of ether oxygens (including phenoxy) is 2. The second kappa shape index (κ2) is 9.39. The van der Waals surface area contributed by atoms with Crippen LogP contribution in [-0.4, -0.2) is 30.3 Å². The lowest BCUT2D eigenvalue weighted by molar-refractivity contribution is -0.160. The maximum absolute atomic E-state index is 12.2. The van der Waals surface area contributed by atoms with Crippen LogP contribution in [0, 0.1) is 5.41 Å². The van der Waals surface area contributed by atoms with Crippen LogP contribution in [0.3, 0.4) is 0 Å². The van der Waals surface area contributed by atoms with Crippen LogP contribution < -0.4 is 5.63 Å². The van der Waals surface area contributed by atoms with E-state index in [0.717, 1.165) is 12.8 Å². The van der Waals surface area contributed by atoms with Gasteiger partial charge in [0.15, 0.2) is 0 Å². The van der Waals surface area contributed by atoms with Gasteiger partial charge < -0.3 is 19.0 Å². The molecular formula is C21H26O7. The third-order valence-electron chi connectivity index (χ3n) is 4.80. The van der Waals surface area contributed by atoms with Gasteiger partial charge in [0.2, 0.25) is 0 Å². The van der Waals surface area contributed by atoms with E-state index < -0.39 is 17.0 Å². The molecule has 1 atom stereocenters. The standard InChI is InChI=1S/C21H26O7/c1-4-8-21(3,5-2)20(25)27-10-9-26-18(23)11-14-12-19(24)28-17-13-15(22)6-7-16(14)17/h6-7,12-13,22H,4-5,8-11H2,1-3H3. The van der Waals surface area contributed by atoms with Gasteiger partial charge in [-0.25, -0.2) is 4.79 Å². The van der Waals surface area contributed by atoms with E-state index in [1.807, 2.05) is 20.8 Å². The van der Waals surface area contributed by atoms with Gasteiger partial charge >= 0.3 is 17.6 Å². The number of phenols is 1. The molecule has 28 heavy (non-hydrogen) atoms. The highest BCUT2D eigenvalue weighted by molar-refractivity contribution is 5.85. The topological polar surface area (TPSA) is 103 Å². The van der Waals surface area contributed by atoms with E-state index in [1.54, 1.807) is 6.07 Å². The van der Waals surface area contributed by atoms with Gasteiger partial charge in [-0.15, -0.1) is 0 Å². The summed E-state index contributed by atoms with van der Waals surface area (Å²) in [4.78, 5) is 35.9. The Kier molecular flexibility index (Phi) is 7.20. The quantitative estimate of drug-likeness (QED) is 0.398. The Hall–Kier alpha value is -2.83. The third kappa shape index (κ3) is 5.34. The van der Waals surface area contributed by atoms with Crippen molar-refractivity contribution in [1.82, 2.24) is 0 Å². The van der Waals surface area contributed by atoms with Crippen LogP contribution in [0.25, 0.3) is 11.0 Å². The molecule has 0 fully saturated rings. The summed E-state index contributed by atoms with van der Waals surface area (Å²) in [6.07, 6.45) is 2.16. The molecule has 0 bridgehead atoms.